The summed E-state index contributed by atoms with van der Waals surface area (Å²) in [5, 5.41) is 0. The summed E-state index contributed by atoms with van der Waals surface area (Å²) in [6.45, 7) is 31.1. The van der Waals surface area contributed by atoms with Gasteiger partial charge in [-0.15, -0.1) is 0 Å². The van der Waals surface area contributed by atoms with E-state index < -0.39 is 0 Å². The van der Waals surface area contributed by atoms with Gasteiger partial charge in [0.15, 0.2) is 0 Å². The van der Waals surface area contributed by atoms with Crippen LogP contribution in [0.5, 0.6) is 0 Å². The summed E-state index contributed by atoms with van der Waals surface area (Å²) < 4.78 is 0. The third kappa shape index (κ3) is 4.06. The van der Waals surface area contributed by atoms with E-state index >= 15 is 0 Å². The molecule has 0 nitrogen and oxygen atoms in total. The van der Waals surface area contributed by atoms with E-state index in [4.69, 9.17) is 13.2 Å². The third-order valence-electron chi connectivity index (χ3n) is 12.4. The van der Waals surface area contributed by atoms with Crippen LogP contribution in [0.4, 0.5) is 0 Å². The maximum Gasteiger partial charge on any atom is 0.0194 e. The smallest absolute Gasteiger partial charge is 0.0194 e. The molecule has 1 fully saturated rings. The summed E-state index contributed by atoms with van der Waals surface area (Å²) in [7, 11) is 0. The molecule has 0 N–H and O–H groups in total. The Morgan fingerprint density at radius 2 is 1.71 bits per heavy atom. The SMILES string of the molecule is C=C(C)C1=C(C)C[C@]2(C)C[C@]3(C)Cc4c(C5=CCC=C5)cc(CC5CCCCC5)c(C)c4C(=C)C3=C(C)[C@]2(C)C1=C. The van der Waals surface area contributed by atoms with Crippen molar-refractivity contribution in [3.63, 3.8) is 0 Å². The lowest BCUT2D eigenvalue weighted by Crippen LogP contribution is -2.52. The maximum atomic E-state index is 4.98. The highest BCUT2D eigenvalue weighted by molar-refractivity contribution is 5.91. The van der Waals surface area contributed by atoms with Gasteiger partial charge in [-0.1, -0.05) is 114 Å². The molecular weight excluding hydrogens is 492 g/mol. The first-order chi connectivity index (χ1) is 19.3. The van der Waals surface area contributed by atoms with Crippen molar-refractivity contribution in [2.24, 2.45) is 22.2 Å². The molecule has 1 saturated carbocycles. The fourth-order valence-corrected chi connectivity index (χ4v) is 10.5. The predicted octanol–water partition coefficient (Wildman–Crippen LogP) is 11.6. The summed E-state index contributed by atoms with van der Waals surface area (Å²) >= 11 is 0. The molecule has 0 aliphatic heterocycles. The molecule has 6 rings (SSSR count). The van der Waals surface area contributed by atoms with Crippen LogP contribution in [-0.2, 0) is 12.8 Å². The van der Waals surface area contributed by atoms with Gasteiger partial charge in [0.1, 0.15) is 0 Å². The second-order valence-electron chi connectivity index (χ2n) is 15.2. The van der Waals surface area contributed by atoms with E-state index in [1.807, 2.05) is 0 Å². The minimum absolute atomic E-state index is 0.0542. The number of benzene rings is 1. The molecule has 0 spiro atoms. The molecule has 1 aromatic rings. The van der Waals surface area contributed by atoms with Crippen molar-refractivity contribution in [1.29, 1.82) is 0 Å². The van der Waals surface area contributed by atoms with Crippen LogP contribution in [-0.4, -0.2) is 0 Å². The number of rotatable bonds is 4. The molecule has 1 aromatic carbocycles. The Bertz CT molecular complexity index is 1500. The molecule has 0 heterocycles. The van der Waals surface area contributed by atoms with Crippen LogP contribution >= 0.6 is 0 Å². The Morgan fingerprint density at radius 1 is 1.00 bits per heavy atom. The van der Waals surface area contributed by atoms with Crippen molar-refractivity contribution in [1.82, 2.24) is 0 Å². The van der Waals surface area contributed by atoms with E-state index in [9.17, 15) is 0 Å². The summed E-state index contributed by atoms with van der Waals surface area (Å²) in [6.07, 6.45) is 19.7. The molecule has 0 saturated heterocycles. The van der Waals surface area contributed by atoms with Crippen molar-refractivity contribution >= 4 is 11.1 Å². The third-order valence-corrected chi connectivity index (χ3v) is 12.4. The van der Waals surface area contributed by atoms with Gasteiger partial charge in [0.05, 0.1) is 0 Å². The Kier molecular flexibility index (Phi) is 6.76. The largest absolute Gasteiger partial charge is 0.0955 e. The summed E-state index contributed by atoms with van der Waals surface area (Å²) in [5.74, 6) is 0.819. The van der Waals surface area contributed by atoms with Crippen molar-refractivity contribution in [3.8, 4) is 0 Å². The molecular formula is C41H52. The molecule has 0 bridgehead atoms. The lowest BCUT2D eigenvalue weighted by Gasteiger charge is -2.62. The van der Waals surface area contributed by atoms with Crippen molar-refractivity contribution in [3.05, 3.63) is 105 Å². The number of hydrogen-bond acceptors (Lipinski definition) is 0. The average Bonchev–Trinajstić information content (AvgIpc) is 3.43. The van der Waals surface area contributed by atoms with Gasteiger partial charge in [0.25, 0.3) is 0 Å². The number of allylic oxidation sites excluding steroid dienone is 11. The van der Waals surface area contributed by atoms with E-state index in [1.165, 1.54) is 94.2 Å². The molecule has 0 amide bonds. The monoisotopic (exact) mass is 544 g/mol. The van der Waals surface area contributed by atoms with E-state index in [0.717, 1.165) is 37.2 Å². The van der Waals surface area contributed by atoms with Crippen LogP contribution in [0.25, 0.3) is 11.1 Å². The lowest BCUT2D eigenvalue weighted by atomic mass is 9.41. The van der Waals surface area contributed by atoms with Gasteiger partial charge in [-0.2, -0.15) is 0 Å². The standard InChI is InChI=1S/C41H52/c1-25(2)36-26(3)22-40(9)24-39(8)23-35-34(32-18-14-15-19-32)21-33(20-31-16-12-11-13-17-31)27(4)37(35)28(5)38(39)30(7)41(40,10)29(36)6/h14,18-19,21,31H,1,5-6,11-13,15-17,20,22-24H2,2-4,7-10H3/t39-,40+,41-/m0/s1. The number of fused-ring (bicyclic) bond motifs is 3. The second kappa shape index (κ2) is 9.72. The maximum absolute atomic E-state index is 4.98. The highest BCUT2D eigenvalue weighted by atomic mass is 14.6. The molecule has 0 heteroatoms. The molecule has 5 aliphatic rings. The minimum Gasteiger partial charge on any atom is -0.0955 e. The van der Waals surface area contributed by atoms with Crippen LogP contribution < -0.4 is 0 Å². The summed E-state index contributed by atoms with van der Waals surface area (Å²) in [4.78, 5) is 0. The predicted molar refractivity (Wildman–Crippen MR) is 179 cm³/mol. The zero-order valence-corrected chi connectivity index (χ0v) is 27.1. The summed E-state index contributed by atoms with van der Waals surface area (Å²) in [5.41, 5.74) is 18.5. The zero-order valence-electron chi connectivity index (χ0n) is 27.1. The molecule has 3 atom stereocenters. The van der Waals surface area contributed by atoms with Crippen molar-refractivity contribution in [2.45, 2.75) is 113 Å². The van der Waals surface area contributed by atoms with E-state index in [0.29, 0.717) is 0 Å². The first-order valence-corrected chi connectivity index (χ1v) is 16.3. The molecule has 0 aromatic heterocycles. The van der Waals surface area contributed by atoms with Gasteiger partial charge in [-0.25, -0.2) is 0 Å². The Labute approximate surface area is 250 Å². The average molecular weight is 545 g/mol. The normalized spacial score (nSPS) is 31.7. The Balaban J connectivity index is 1.56. The van der Waals surface area contributed by atoms with Crippen LogP contribution in [0.2, 0.25) is 0 Å². The van der Waals surface area contributed by atoms with E-state index in [2.05, 4.69) is 79.3 Å². The highest BCUT2D eigenvalue weighted by Crippen LogP contribution is 2.70. The first-order valence-electron chi connectivity index (χ1n) is 16.3. The fourth-order valence-electron chi connectivity index (χ4n) is 10.5. The topological polar surface area (TPSA) is 0 Å². The van der Waals surface area contributed by atoms with Crippen LogP contribution in [0, 0.1) is 29.1 Å². The molecule has 0 unspecified atom stereocenters. The van der Waals surface area contributed by atoms with Crippen LogP contribution in [0.15, 0.2) is 77.5 Å². The van der Waals surface area contributed by atoms with Gasteiger partial charge in [-0.05, 0) is 132 Å². The van der Waals surface area contributed by atoms with Crippen molar-refractivity contribution < 1.29 is 0 Å². The molecule has 216 valence electrons. The Hall–Kier alpha value is -2.60. The zero-order chi connectivity index (χ0) is 29.5. The molecule has 5 aliphatic carbocycles. The Morgan fingerprint density at radius 3 is 2.34 bits per heavy atom. The van der Waals surface area contributed by atoms with E-state index in [-0.39, 0.29) is 16.2 Å². The van der Waals surface area contributed by atoms with Gasteiger partial charge in [0, 0.05) is 5.41 Å². The second-order valence-corrected chi connectivity index (χ2v) is 15.2. The van der Waals surface area contributed by atoms with Crippen LogP contribution in [0.3, 0.4) is 0 Å². The molecule has 41 heavy (non-hydrogen) atoms. The summed E-state index contributed by atoms with van der Waals surface area (Å²) in [6, 6.07) is 2.60. The van der Waals surface area contributed by atoms with Gasteiger partial charge < -0.3 is 0 Å². The van der Waals surface area contributed by atoms with E-state index in [1.54, 1.807) is 11.1 Å². The van der Waals surface area contributed by atoms with Gasteiger partial charge in [-0.3, -0.25) is 0 Å². The van der Waals surface area contributed by atoms with Crippen LogP contribution in [0.1, 0.15) is 121 Å². The molecule has 0 radical (unpaired) electrons. The van der Waals surface area contributed by atoms with Gasteiger partial charge >= 0.3 is 0 Å². The fraction of sp³-hybridized carbons (Fsp3) is 0.512. The first kappa shape index (κ1) is 28.5. The lowest BCUT2D eigenvalue weighted by molar-refractivity contribution is 0.0544. The van der Waals surface area contributed by atoms with Gasteiger partial charge in [0.2, 0.25) is 0 Å². The number of hydrogen-bond donors (Lipinski definition) is 0. The highest BCUT2D eigenvalue weighted by Gasteiger charge is 2.59. The minimum atomic E-state index is -0.108. The van der Waals surface area contributed by atoms with Crippen molar-refractivity contribution in [2.75, 3.05) is 0 Å². The quantitative estimate of drug-likeness (QED) is 0.353.